The highest BCUT2D eigenvalue weighted by Crippen LogP contribution is 2.18. The van der Waals surface area contributed by atoms with Crippen LogP contribution in [-0.4, -0.2) is 12.1 Å². The normalized spacial score (nSPS) is 10.9. The van der Waals surface area contributed by atoms with Crippen LogP contribution in [0.3, 0.4) is 0 Å². The molecular weight excluding hydrogens is 198 g/mol. The van der Waals surface area contributed by atoms with E-state index in [0.29, 0.717) is 6.04 Å². The lowest BCUT2D eigenvalue weighted by atomic mass is 10.1. The summed E-state index contributed by atoms with van der Waals surface area (Å²) in [6, 6.07) is 8.76. The molecule has 1 aromatic carbocycles. The second kappa shape index (κ2) is 6.41. The van der Waals surface area contributed by atoms with Gasteiger partial charge in [-0.2, -0.15) is 0 Å². The second-order valence-electron chi connectivity index (χ2n) is 4.35. The first-order chi connectivity index (χ1) is 7.65. The van der Waals surface area contributed by atoms with Crippen LogP contribution in [0.1, 0.15) is 40.5 Å². The minimum atomic E-state index is 0.234. The van der Waals surface area contributed by atoms with Crippen molar-refractivity contribution in [2.75, 3.05) is 5.32 Å². The summed E-state index contributed by atoms with van der Waals surface area (Å²) >= 11 is 0. The van der Waals surface area contributed by atoms with Crippen LogP contribution < -0.4 is 10.1 Å². The minimum absolute atomic E-state index is 0.234. The quantitative estimate of drug-likeness (QED) is 0.781. The van der Waals surface area contributed by atoms with Crippen LogP contribution >= 0.6 is 0 Å². The molecule has 1 aromatic rings. The molecule has 0 aliphatic carbocycles. The van der Waals surface area contributed by atoms with Gasteiger partial charge < -0.3 is 10.1 Å². The molecule has 2 heteroatoms. The Bertz CT molecular complexity index is 288. The first kappa shape index (κ1) is 12.9. The molecule has 0 bridgehead atoms. The fourth-order valence-corrected chi connectivity index (χ4v) is 1.63. The molecule has 2 nitrogen and oxygen atoms in total. The van der Waals surface area contributed by atoms with E-state index in [0.717, 1.165) is 18.6 Å². The number of rotatable bonds is 6. The van der Waals surface area contributed by atoms with Crippen molar-refractivity contribution in [2.24, 2.45) is 0 Å². The zero-order valence-corrected chi connectivity index (χ0v) is 10.8. The maximum Gasteiger partial charge on any atom is 0.119 e. The number of ether oxygens (including phenoxy) is 1. The van der Waals surface area contributed by atoms with Gasteiger partial charge in [-0.05, 0) is 51.0 Å². The maximum atomic E-state index is 5.60. The molecule has 0 radical (unpaired) electrons. The molecular formula is C14H23NO. The zero-order chi connectivity index (χ0) is 12.0. The molecule has 0 unspecified atom stereocenters. The van der Waals surface area contributed by atoms with E-state index in [1.165, 1.54) is 5.69 Å². The summed E-state index contributed by atoms with van der Waals surface area (Å²) in [6.45, 7) is 8.49. The molecule has 16 heavy (non-hydrogen) atoms. The molecule has 0 heterocycles. The molecule has 0 amide bonds. The molecule has 0 spiro atoms. The number of benzene rings is 1. The van der Waals surface area contributed by atoms with Gasteiger partial charge in [-0.1, -0.05) is 13.8 Å². The van der Waals surface area contributed by atoms with Crippen molar-refractivity contribution in [2.45, 2.75) is 52.7 Å². The zero-order valence-electron chi connectivity index (χ0n) is 10.8. The Morgan fingerprint density at radius 1 is 1.06 bits per heavy atom. The number of hydrogen-bond donors (Lipinski definition) is 1. The standard InChI is InChI=1S/C14H23NO/c1-5-12(6-2)15-13-7-9-14(10-8-13)16-11(3)4/h7-12,15H,5-6H2,1-4H3. The Balaban J connectivity index is 2.57. The summed E-state index contributed by atoms with van der Waals surface area (Å²) in [5, 5.41) is 3.50. The van der Waals surface area contributed by atoms with E-state index in [1.807, 2.05) is 26.0 Å². The van der Waals surface area contributed by atoms with Crippen LogP contribution in [0, 0.1) is 0 Å². The topological polar surface area (TPSA) is 21.3 Å². The first-order valence-electron chi connectivity index (χ1n) is 6.19. The third kappa shape index (κ3) is 4.13. The van der Waals surface area contributed by atoms with Crippen LogP contribution in [0.15, 0.2) is 24.3 Å². The predicted molar refractivity (Wildman–Crippen MR) is 70.2 cm³/mol. The van der Waals surface area contributed by atoms with Crippen LogP contribution in [0.5, 0.6) is 5.75 Å². The molecule has 90 valence electrons. The van der Waals surface area contributed by atoms with Gasteiger partial charge in [-0.15, -0.1) is 0 Å². The number of hydrogen-bond acceptors (Lipinski definition) is 2. The SMILES string of the molecule is CCC(CC)Nc1ccc(OC(C)C)cc1. The van der Waals surface area contributed by atoms with Crippen LogP contribution in [0.2, 0.25) is 0 Å². The van der Waals surface area contributed by atoms with E-state index in [1.54, 1.807) is 0 Å². The lowest BCUT2D eigenvalue weighted by Crippen LogP contribution is -2.16. The highest BCUT2D eigenvalue weighted by atomic mass is 16.5. The molecule has 1 rings (SSSR count). The van der Waals surface area contributed by atoms with Crippen molar-refractivity contribution in [3.63, 3.8) is 0 Å². The average molecular weight is 221 g/mol. The Kier molecular flexibility index (Phi) is 5.17. The smallest absolute Gasteiger partial charge is 0.119 e. The molecule has 0 aliphatic heterocycles. The van der Waals surface area contributed by atoms with Crippen LogP contribution in [0.25, 0.3) is 0 Å². The van der Waals surface area contributed by atoms with Gasteiger partial charge in [-0.3, -0.25) is 0 Å². The van der Waals surface area contributed by atoms with Gasteiger partial charge in [0.1, 0.15) is 5.75 Å². The van der Waals surface area contributed by atoms with Gasteiger partial charge in [0.05, 0.1) is 6.10 Å². The minimum Gasteiger partial charge on any atom is -0.491 e. The van der Waals surface area contributed by atoms with Crippen LogP contribution in [0.4, 0.5) is 5.69 Å². The molecule has 0 fully saturated rings. The summed E-state index contributed by atoms with van der Waals surface area (Å²) in [4.78, 5) is 0. The summed E-state index contributed by atoms with van der Waals surface area (Å²) in [5.74, 6) is 0.935. The predicted octanol–water partition coefficient (Wildman–Crippen LogP) is 4.07. The monoisotopic (exact) mass is 221 g/mol. The van der Waals surface area contributed by atoms with Crippen molar-refractivity contribution < 1.29 is 4.74 Å². The summed E-state index contributed by atoms with van der Waals surface area (Å²) in [6.07, 6.45) is 2.54. The van der Waals surface area contributed by atoms with Crippen molar-refractivity contribution >= 4 is 5.69 Å². The Morgan fingerprint density at radius 3 is 2.06 bits per heavy atom. The molecule has 0 atom stereocenters. The molecule has 0 saturated carbocycles. The number of nitrogens with one attached hydrogen (secondary N) is 1. The van der Waals surface area contributed by atoms with Crippen molar-refractivity contribution in [1.82, 2.24) is 0 Å². The second-order valence-corrected chi connectivity index (χ2v) is 4.35. The van der Waals surface area contributed by atoms with E-state index < -0.39 is 0 Å². The van der Waals surface area contributed by atoms with Crippen LogP contribution in [-0.2, 0) is 0 Å². The Morgan fingerprint density at radius 2 is 1.62 bits per heavy atom. The Labute approximate surface area is 99.0 Å². The first-order valence-corrected chi connectivity index (χ1v) is 6.19. The molecule has 1 N–H and O–H groups in total. The average Bonchev–Trinajstić information content (AvgIpc) is 2.27. The summed E-state index contributed by atoms with van der Waals surface area (Å²) in [7, 11) is 0. The summed E-state index contributed by atoms with van der Waals surface area (Å²) < 4.78 is 5.60. The fourth-order valence-electron chi connectivity index (χ4n) is 1.63. The van der Waals surface area contributed by atoms with Gasteiger partial charge in [0.15, 0.2) is 0 Å². The van der Waals surface area contributed by atoms with Crippen molar-refractivity contribution in [3.05, 3.63) is 24.3 Å². The third-order valence-corrected chi connectivity index (χ3v) is 2.58. The van der Waals surface area contributed by atoms with Gasteiger partial charge >= 0.3 is 0 Å². The van der Waals surface area contributed by atoms with E-state index in [4.69, 9.17) is 4.74 Å². The molecule has 0 aromatic heterocycles. The fraction of sp³-hybridized carbons (Fsp3) is 0.571. The van der Waals surface area contributed by atoms with E-state index in [2.05, 4.69) is 31.3 Å². The highest BCUT2D eigenvalue weighted by molar-refractivity contribution is 5.47. The molecule has 0 saturated heterocycles. The Hall–Kier alpha value is -1.18. The van der Waals surface area contributed by atoms with Gasteiger partial charge in [-0.25, -0.2) is 0 Å². The molecule has 0 aliphatic rings. The van der Waals surface area contributed by atoms with Crippen molar-refractivity contribution in [1.29, 1.82) is 0 Å². The maximum absolute atomic E-state index is 5.60. The summed E-state index contributed by atoms with van der Waals surface area (Å²) in [5.41, 5.74) is 1.17. The van der Waals surface area contributed by atoms with Crippen molar-refractivity contribution in [3.8, 4) is 5.75 Å². The van der Waals surface area contributed by atoms with Gasteiger partial charge in [0.25, 0.3) is 0 Å². The lowest BCUT2D eigenvalue weighted by molar-refractivity contribution is 0.242. The third-order valence-electron chi connectivity index (χ3n) is 2.58. The van der Waals surface area contributed by atoms with E-state index in [-0.39, 0.29) is 6.10 Å². The van der Waals surface area contributed by atoms with E-state index >= 15 is 0 Å². The van der Waals surface area contributed by atoms with Gasteiger partial charge in [0, 0.05) is 11.7 Å². The lowest BCUT2D eigenvalue weighted by Gasteiger charge is -2.17. The number of anilines is 1. The van der Waals surface area contributed by atoms with Gasteiger partial charge in [0.2, 0.25) is 0 Å². The van der Waals surface area contributed by atoms with E-state index in [9.17, 15) is 0 Å². The largest absolute Gasteiger partial charge is 0.491 e. The highest BCUT2D eigenvalue weighted by Gasteiger charge is 2.03.